The summed E-state index contributed by atoms with van der Waals surface area (Å²) in [4.78, 5) is 3.80. The fourth-order valence-electron chi connectivity index (χ4n) is 3.21. The molecule has 0 fully saturated rings. The van der Waals surface area contributed by atoms with Crippen LogP contribution in [0, 0.1) is 19.7 Å². The molecule has 1 aliphatic rings. The number of aryl methyl sites for hydroxylation is 2. The van der Waals surface area contributed by atoms with E-state index in [4.69, 9.17) is 5.10 Å². The van der Waals surface area contributed by atoms with Gasteiger partial charge in [-0.3, -0.25) is 9.99 Å². The summed E-state index contributed by atoms with van der Waals surface area (Å²) in [6.07, 6.45) is 3.56. The molecular formula is C20H22FN3. The SMILES string of the molecule is C=C(c1ccncc1F)N1N=C(c2ccc(C)cc2C)CC1(C)C. The molecule has 3 nitrogen and oxygen atoms in total. The molecule has 0 radical (unpaired) electrons. The third-order valence-electron chi connectivity index (χ3n) is 4.43. The second-order valence-corrected chi connectivity index (χ2v) is 6.97. The topological polar surface area (TPSA) is 28.5 Å². The van der Waals surface area contributed by atoms with Crippen LogP contribution in [0.25, 0.3) is 5.70 Å². The maximum absolute atomic E-state index is 14.1. The van der Waals surface area contributed by atoms with Gasteiger partial charge in [0.05, 0.1) is 23.1 Å². The Morgan fingerprint density at radius 1 is 1.25 bits per heavy atom. The summed E-state index contributed by atoms with van der Waals surface area (Å²) in [5.41, 5.74) is 5.30. The summed E-state index contributed by atoms with van der Waals surface area (Å²) in [5.74, 6) is -0.381. The van der Waals surface area contributed by atoms with Gasteiger partial charge in [-0.2, -0.15) is 5.10 Å². The van der Waals surface area contributed by atoms with Crippen LogP contribution < -0.4 is 0 Å². The Kier molecular flexibility index (Phi) is 3.99. The molecule has 1 aromatic carbocycles. The fourth-order valence-corrected chi connectivity index (χ4v) is 3.21. The van der Waals surface area contributed by atoms with Crippen LogP contribution in [0.1, 0.15) is 42.5 Å². The van der Waals surface area contributed by atoms with E-state index in [1.165, 1.54) is 17.3 Å². The zero-order valence-electron chi connectivity index (χ0n) is 14.6. The van der Waals surface area contributed by atoms with E-state index in [1.54, 1.807) is 12.3 Å². The van der Waals surface area contributed by atoms with E-state index in [0.29, 0.717) is 11.3 Å². The predicted molar refractivity (Wildman–Crippen MR) is 96.2 cm³/mol. The lowest BCUT2D eigenvalue weighted by Crippen LogP contribution is -2.35. The third-order valence-corrected chi connectivity index (χ3v) is 4.43. The largest absolute Gasteiger partial charge is 0.262 e. The Labute approximate surface area is 142 Å². The van der Waals surface area contributed by atoms with Crippen molar-refractivity contribution in [1.29, 1.82) is 0 Å². The monoisotopic (exact) mass is 323 g/mol. The van der Waals surface area contributed by atoms with Gasteiger partial charge in [0, 0.05) is 23.7 Å². The average Bonchev–Trinajstić information content (AvgIpc) is 2.82. The molecule has 0 aliphatic carbocycles. The molecule has 0 spiro atoms. The van der Waals surface area contributed by atoms with Crippen LogP contribution >= 0.6 is 0 Å². The third kappa shape index (κ3) is 2.84. The molecule has 3 rings (SSSR count). The van der Waals surface area contributed by atoms with Crippen LogP contribution in [0.5, 0.6) is 0 Å². The van der Waals surface area contributed by atoms with Crippen LogP contribution in [0.4, 0.5) is 4.39 Å². The molecule has 0 amide bonds. The molecule has 124 valence electrons. The van der Waals surface area contributed by atoms with Crippen molar-refractivity contribution in [2.75, 3.05) is 0 Å². The average molecular weight is 323 g/mol. The predicted octanol–water partition coefficient (Wildman–Crippen LogP) is 4.70. The van der Waals surface area contributed by atoms with Gasteiger partial charge in [0.25, 0.3) is 0 Å². The van der Waals surface area contributed by atoms with Crippen molar-refractivity contribution in [3.8, 4) is 0 Å². The number of aromatic nitrogens is 1. The summed E-state index contributed by atoms with van der Waals surface area (Å²) in [6.45, 7) is 12.4. The Bertz CT molecular complexity index is 837. The Morgan fingerprint density at radius 2 is 2.00 bits per heavy atom. The van der Waals surface area contributed by atoms with Crippen LogP contribution in [0.15, 0.2) is 48.3 Å². The van der Waals surface area contributed by atoms with Gasteiger partial charge < -0.3 is 0 Å². The highest BCUT2D eigenvalue weighted by Gasteiger charge is 2.37. The van der Waals surface area contributed by atoms with Crippen LogP contribution in [0.2, 0.25) is 0 Å². The Hall–Kier alpha value is -2.49. The first-order valence-corrected chi connectivity index (χ1v) is 8.04. The second kappa shape index (κ2) is 5.86. The van der Waals surface area contributed by atoms with E-state index < -0.39 is 0 Å². The van der Waals surface area contributed by atoms with Crippen molar-refractivity contribution in [3.05, 3.63) is 71.3 Å². The standard InChI is InChI=1S/C20H22FN3/c1-13-6-7-16(14(2)10-13)19-11-20(4,5)24(23-19)15(3)17-8-9-22-12-18(17)21/h6-10,12H,3,11H2,1-2,4-5H3. The normalized spacial score (nSPS) is 16.2. The number of nitrogens with zero attached hydrogens (tertiary/aromatic N) is 3. The molecule has 1 aromatic heterocycles. The van der Waals surface area contributed by atoms with Gasteiger partial charge in [0.15, 0.2) is 5.82 Å². The van der Waals surface area contributed by atoms with Crippen LogP contribution in [-0.4, -0.2) is 21.2 Å². The van der Waals surface area contributed by atoms with E-state index in [-0.39, 0.29) is 11.4 Å². The second-order valence-electron chi connectivity index (χ2n) is 6.97. The molecule has 2 heterocycles. The lowest BCUT2D eigenvalue weighted by Gasteiger charge is -2.32. The van der Waals surface area contributed by atoms with Crippen molar-refractivity contribution < 1.29 is 4.39 Å². The van der Waals surface area contributed by atoms with Gasteiger partial charge in [-0.1, -0.05) is 30.3 Å². The minimum absolute atomic E-state index is 0.264. The molecule has 0 atom stereocenters. The van der Waals surface area contributed by atoms with Gasteiger partial charge >= 0.3 is 0 Å². The van der Waals surface area contributed by atoms with Crippen molar-refractivity contribution in [3.63, 3.8) is 0 Å². The number of pyridine rings is 1. The number of rotatable bonds is 3. The van der Waals surface area contributed by atoms with Gasteiger partial charge in [-0.05, 0) is 39.3 Å². The summed E-state index contributed by atoms with van der Waals surface area (Å²) >= 11 is 0. The first-order valence-electron chi connectivity index (χ1n) is 8.04. The van der Waals surface area contributed by atoms with E-state index >= 15 is 0 Å². The molecule has 0 bridgehead atoms. The van der Waals surface area contributed by atoms with Crippen molar-refractivity contribution in [1.82, 2.24) is 9.99 Å². The summed E-state index contributed by atoms with van der Waals surface area (Å²) in [6, 6.07) is 8.00. The molecule has 0 unspecified atom stereocenters. The number of benzene rings is 1. The van der Waals surface area contributed by atoms with E-state index in [1.807, 2.05) is 5.01 Å². The molecule has 0 saturated carbocycles. The maximum atomic E-state index is 14.1. The lowest BCUT2D eigenvalue weighted by molar-refractivity contribution is 0.241. The highest BCUT2D eigenvalue weighted by Crippen LogP contribution is 2.36. The van der Waals surface area contributed by atoms with Crippen LogP contribution in [0.3, 0.4) is 0 Å². The van der Waals surface area contributed by atoms with E-state index in [9.17, 15) is 4.39 Å². The summed E-state index contributed by atoms with van der Waals surface area (Å²) < 4.78 is 14.1. The number of halogens is 1. The molecular weight excluding hydrogens is 301 g/mol. The molecule has 1 aliphatic heterocycles. The Balaban J connectivity index is 2.00. The highest BCUT2D eigenvalue weighted by molar-refractivity contribution is 6.03. The van der Waals surface area contributed by atoms with Gasteiger partial charge in [-0.15, -0.1) is 0 Å². The number of hydrogen-bond acceptors (Lipinski definition) is 3. The molecule has 0 saturated heterocycles. The fraction of sp³-hybridized carbons (Fsp3) is 0.300. The van der Waals surface area contributed by atoms with Crippen molar-refractivity contribution >= 4 is 11.4 Å². The van der Waals surface area contributed by atoms with Crippen LogP contribution in [-0.2, 0) is 0 Å². The molecule has 0 N–H and O–H groups in total. The summed E-state index contributed by atoms with van der Waals surface area (Å²) in [5, 5.41) is 6.62. The zero-order chi connectivity index (χ0) is 17.5. The quantitative estimate of drug-likeness (QED) is 0.819. The van der Waals surface area contributed by atoms with Crippen molar-refractivity contribution in [2.24, 2.45) is 5.10 Å². The lowest BCUT2D eigenvalue weighted by atomic mass is 9.92. The van der Waals surface area contributed by atoms with E-state index in [2.05, 4.69) is 57.5 Å². The molecule has 24 heavy (non-hydrogen) atoms. The smallest absolute Gasteiger partial charge is 0.150 e. The van der Waals surface area contributed by atoms with Crippen molar-refractivity contribution in [2.45, 2.75) is 39.7 Å². The van der Waals surface area contributed by atoms with Gasteiger partial charge in [-0.25, -0.2) is 4.39 Å². The first-order chi connectivity index (χ1) is 11.3. The minimum Gasteiger partial charge on any atom is -0.262 e. The zero-order valence-corrected chi connectivity index (χ0v) is 14.6. The highest BCUT2D eigenvalue weighted by atomic mass is 19.1. The number of hydrogen-bond donors (Lipinski definition) is 0. The Morgan fingerprint density at radius 3 is 2.67 bits per heavy atom. The number of hydrazone groups is 1. The first kappa shape index (κ1) is 16.4. The van der Waals surface area contributed by atoms with Gasteiger partial charge in [0.1, 0.15) is 0 Å². The summed E-state index contributed by atoms with van der Waals surface area (Å²) in [7, 11) is 0. The minimum atomic E-state index is -0.381. The molecule has 2 aromatic rings. The maximum Gasteiger partial charge on any atom is 0.150 e. The molecule has 4 heteroatoms. The van der Waals surface area contributed by atoms with Gasteiger partial charge in [0.2, 0.25) is 0 Å². The van der Waals surface area contributed by atoms with E-state index in [0.717, 1.165) is 17.7 Å².